The van der Waals surface area contributed by atoms with Gasteiger partial charge in [0.15, 0.2) is 0 Å². The molecule has 0 amide bonds. The molecule has 7 heavy (non-hydrogen) atoms. The molecule has 0 bridgehead atoms. The number of carboxylic acids is 1. The number of hydrogen-bond donors (Lipinski definition) is 0. The molecular weight excluding hydrogens is 119 g/mol. The van der Waals surface area contributed by atoms with Gasteiger partial charge < -0.3 is 9.90 Å². The predicted molar refractivity (Wildman–Crippen MR) is 20.2 cm³/mol. The topological polar surface area (TPSA) is 40.1 Å². The number of carbonyl (C=O) groups excluding carboxylic acids is 1. The molecule has 33 valence electrons. The summed E-state index contributed by atoms with van der Waals surface area (Å²) in [4.78, 5) is 9.91. The van der Waals surface area contributed by atoms with Gasteiger partial charge in [0.25, 0.3) is 0 Å². The fourth-order valence-electron chi connectivity index (χ4n) is 0.0510. The zero-order chi connectivity index (χ0) is 8.58. The van der Waals surface area contributed by atoms with Gasteiger partial charge in [0, 0.05) is 21.7 Å². The van der Waals surface area contributed by atoms with Gasteiger partial charge in [0.1, 0.15) is 0 Å². The molecule has 0 heterocycles. The van der Waals surface area contributed by atoms with E-state index in [9.17, 15) is 9.90 Å². The third kappa shape index (κ3) is 10.8. The molecule has 0 aliphatic heterocycles. The van der Waals surface area contributed by atoms with Gasteiger partial charge in [0.2, 0.25) is 0 Å². The molecule has 0 rings (SSSR count). The summed E-state index contributed by atoms with van der Waals surface area (Å²) in [6.07, 6.45) is -3.01. The van der Waals surface area contributed by atoms with Crippen molar-refractivity contribution in [3.63, 3.8) is 0 Å². The first kappa shape index (κ1) is 3.66. The van der Waals surface area contributed by atoms with Gasteiger partial charge in [-0.3, -0.25) is 0 Å². The molecule has 0 aliphatic rings. The standard InChI is InChI=1S/C3H5O2Si.Na/c4-3(5)1-2-6;/h1-2H2,(H,4,5);/q;+1/p-1/i1D2,2D2;. The quantitative estimate of drug-likeness (QED) is 0.352. The Morgan fingerprint density at radius 1 is 2.00 bits per heavy atom. The van der Waals surface area contributed by atoms with E-state index < -0.39 is 18.3 Å². The van der Waals surface area contributed by atoms with Crippen LogP contribution in [0.15, 0.2) is 0 Å². The van der Waals surface area contributed by atoms with Crippen molar-refractivity contribution >= 4 is 16.2 Å². The zero-order valence-corrected chi connectivity index (χ0v) is 6.82. The van der Waals surface area contributed by atoms with E-state index in [1.54, 1.807) is 0 Å². The predicted octanol–water partition coefficient (Wildman–Crippen LogP) is -4.28. The van der Waals surface area contributed by atoms with E-state index in [1.807, 2.05) is 0 Å². The first-order valence-corrected chi connectivity index (χ1v) is 1.66. The van der Waals surface area contributed by atoms with Crippen molar-refractivity contribution < 1.29 is 44.9 Å². The molecule has 0 aromatic heterocycles. The second kappa shape index (κ2) is 6.69. The van der Waals surface area contributed by atoms with E-state index in [0.29, 0.717) is 0 Å². The maximum atomic E-state index is 9.91. The molecule has 0 saturated heterocycles. The summed E-state index contributed by atoms with van der Waals surface area (Å²) in [5.74, 6) is -4.68. The Bertz CT molecular complexity index is 156. The van der Waals surface area contributed by atoms with Crippen LogP contribution < -0.4 is 34.7 Å². The van der Waals surface area contributed by atoms with Crippen LogP contribution in [0.2, 0.25) is 6.00 Å². The molecule has 0 aliphatic carbocycles. The summed E-state index contributed by atoms with van der Waals surface area (Å²) < 4.78 is 26.5. The van der Waals surface area contributed by atoms with Crippen LogP contribution in [0.5, 0.6) is 0 Å². The van der Waals surface area contributed by atoms with Crippen molar-refractivity contribution in [3.05, 3.63) is 0 Å². The Kier molecular flexibility index (Phi) is 3.50. The molecule has 0 aromatic rings. The zero-order valence-electron chi connectivity index (χ0n) is 7.82. The summed E-state index contributed by atoms with van der Waals surface area (Å²) >= 11 is 0. The van der Waals surface area contributed by atoms with E-state index in [1.165, 1.54) is 0 Å². The summed E-state index contributed by atoms with van der Waals surface area (Å²) in [6.45, 7) is 0. The smallest absolute Gasteiger partial charge is 0.550 e. The van der Waals surface area contributed by atoms with Gasteiger partial charge in [-0.2, -0.15) is 0 Å². The van der Waals surface area contributed by atoms with Gasteiger partial charge in [-0.15, -0.1) is 0 Å². The summed E-state index contributed by atoms with van der Waals surface area (Å²) in [5.41, 5.74) is 0. The Morgan fingerprint density at radius 2 is 2.43 bits per heavy atom. The Morgan fingerprint density at radius 3 is 2.43 bits per heavy atom. The van der Waals surface area contributed by atoms with Crippen LogP contribution >= 0.6 is 0 Å². The molecule has 0 spiro atoms. The Labute approximate surface area is 73.6 Å². The average Bonchev–Trinajstić information content (AvgIpc) is 1.62. The van der Waals surface area contributed by atoms with Crippen molar-refractivity contribution in [1.82, 2.24) is 0 Å². The van der Waals surface area contributed by atoms with Crippen molar-refractivity contribution in [3.8, 4) is 0 Å². The molecule has 0 unspecified atom stereocenters. The Hall–Kier alpha value is 0.687. The molecule has 3 radical (unpaired) electrons. The maximum Gasteiger partial charge on any atom is 1.00 e. The van der Waals surface area contributed by atoms with Gasteiger partial charge in [-0.05, 0) is 6.37 Å². The van der Waals surface area contributed by atoms with Crippen molar-refractivity contribution in [2.24, 2.45) is 0 Å². The first-order valence-electron chi connectivity index (χ1n) is 3.16. The van der Waals surface area contributed by atoms with E-state index in [4.69, 9.17) is 5.48 Å². The molecule has 0 fully saturated rings. The van der Waals surface area contributed by atoms with E-state index in [0.717, 1.165) is 0 Å². The van der Waals surface area contributed by atoms with Gasteiger partial charge in [0.05, 0.1) is 0 Å². The second-order valence-electron chi connectivity index (χ2n) is 0.537. The molecule has 0 atom stereocenters. The number of carbonyl (C=O) groups is 1. The molecule has 0 saturated carbocycles. The van der Waals surface area contributed by atoms with Gasteiger partial charge in [-0.25, -0.2) is 0 Å². The summed E-state index contributed by atoms with van der Waals surface area (Å²) in [5, 5.41) is 9.91. The number of aliphatic carboxylic acids is 1. The summed E-state index contributed by atoms with van der Waals surface area (Å²) in [6, 6.07) is 0. The minimum atomic E-state index is -3.01. The van der Waals surface area contributed by atoms with Crippen molar-refractivity contribution in [2.45, 2.75) is 12.4 Å². The fourth-order valence-corrected chi connectivity index (χ4v) is 0.153. The number of carboxylic acid groups (broad SMARTS) is 1. The fraction of sp³-hybridized carbons (Fsp3) is 0.667. The molecular formula is C3H4NaO2Si. The van der Waals surface area contributed by atoms with Crippen molar-refractivity contribution in [1.29, 1.82) is 0 Å². The normalized spacial score (nSPS) is 19.6. The third-order valence-corrected chi connectivity index (χ3v) is 0.290. The maximum absolute atomic E-state index is 9.91. The third-order valence-electron chi connectivity index (χ3n) is 0.165. The minimum Gasteiger partial charge on any atom is -0.550 e. The largest absolute Gasteiger partial charge is 1.00 e. The van der Waals surface area contributed by atoms with Crippen LogP contribution in [0.4, 0.5) is 0 Å². The van der Waals surface area contributed by atoms with Crippen LogP contribution in [0.25, 0.3) is 0 Å². The average molecular weight is 127 g/mol. The number of rotatable bonds is 2. The molecule has 4 heteroatoms. The van der Waals surface area contributed by atoms with Crippen LogP contribution in [-0.2, 0) is 4.79 Å². The van der Waals surface area contributed by atoms with Crippen molar-refractivity contribution in [2.75, 3.05) is 0 Å². The minimum absolute atomic E-state index is 0. The Balaban J connectivity index is 0. The van der Waals surface area contributed by atoms with Crippen LogP contribution in [0.3, 0.4) is 0 Å². The van der Waals surface area contributed by atoms with E-state index in [2.05, 4.69) is 10.2 Å². The second-order valence-corrected chi connectivity index (χ2v) is 0.787. The molecule has 2 nitrogen and oxygen atoms in total. The van der Waals surface area contributed by atoms with Crippen LogP contribution in [-0.4, -0.2) is 16.2 Å². The van der Waals surface area contributed by atoms with Gasteiger partial charge in [-0.1, -0.05) is 6.00 Å². The SMILES string of the molecule is [2H]C([2H])([Si])C([2H])([2H])C(=O)[O-].[Na+]. The van der Waals surface area contributed by atoms with E-state index >= 15 is 0 Å². The summed E-state index contributed by atoms with van der Waals surface area (Å²) in [7, 11) is 2.29. The molecule has 0 N–H and O–H groups in total. The van der Waals surface area contributed by atoms with Crippen LogP contribution in [0.1, 0.15) is 11.9 Å². The number of hydrogen-bond acceptors (Lipinski definition) is 2. The first-order chi connectivity index (χ1) is 4.19. The molecule has 0 aromatic carbocycles. The van der Waals surface area contributed by atoms with Crippen LogP contribution in [0, 0.1) is 0 Å². The van der Waals surface area contributed by atoms with Gasteiger partial charge >= 0.3 is 29.6 Å². The van der Waals surface area contributed by atoms with E-state index in [-0.39, 0.29) is 29.6 Å². The monoisotopic (exact) mass is 127 g/mol.